The predicted octanol–water partition coefficient (Wildman–Crippen LogP) is 3.99. The number of halogens is 1. The normalized spacial score (nSPS) is 14.2. The van der Waals surface area contributed by atoms with E-state index in [9.17, 15) is 0 Å². The van der Waals surface area contributed by atoms with Gasteiger partial charge < -0.3 is 14.0 Å². The van der Waals surface area contributed by atoms with Crippen molar-refractivity contribution in [2.75, 3.05) is 14.2 Å². The van der Waals surface area contributed by atoms with E-state index < -0.39 is 0 Å². The van der Waals surface area contributed by atoms with E-state index in [0.29, 0.717) is 6.04 Å². The van der Waals surface area contributed by atoms with E-state index >= 15 is 0 Å². The summed E-state index contributed by atoms with van der Waals surface area (Å²) in [4.78, 5) is 0. The molecule has 1 saturated carbocycles. The van der Waals surface area contributed by atoms with E-state index in [1.807, 2.05) is 19.1 Å². The molecule has 0 bridgehead atoms. The Balaban J connectivity index is 1.79. The van der Waals surface area contributed by atoms with Crippen molar-refractivity contribution in [1.82, 2.24) is 14.8 Å². The topological polar surface area (TPSA) is 49.2 Å². The molecule has 22 heavy (non-hydrogen) atoms. The van der Waals surface area contributed by atoms with Crippen LogP contribution in [0.3, 0.4) is 0 Å². The van der Waals surface area contributed by atoms with Gasteiger partial charge in [0.05, 0.1) is 14.2 Å². The number of hydrogen-bond acceptors (Lipinski definition) is 5. The third kappa shape index (κ3) is 3.10. The Labute approximate surface area is 142 Å². The minimum absolute atomic E-state index is 0.589. The fraction of sp³-hybridized carbons (Fsp3) is 0.467. The van der Waals surface area contributed by atoms with Gasteiger partial charge in [0.2, 0.25) is 0 Å². The van der Waals surface area contributed by atoms with Gasteiger partial charge in [-0.1, -0.05) is 27.7 Å². The SMILES string of the molecule is COc1cc(Br)c(CSc2nnc(C)n2C2CC2)cc1OC. The molecular weight excluding hydrogens is 366 g/mol. The number of thioether (sulfide) groups is 1. The summed E-state index contributed by atoms with van der Waals surface area (Å²) in [7, 11) is 3.29. The molecule has 118 valence electrons. The number of methoxy groups -OCH3 is 2. The summed E-state index contributed by atoms with van der Waals surface area (Å²) in [5.41, 5.74) is 1.14. The Hall–Kier alpha value is -1.21. The molecule has 1 aliphatic carbocycles. The molecule has 0 atom stereocenters. The number of hydrogen-bond donors (Lipinski definition) is 0. The molecule has 0 N–H and O–H groups in total. The monoisotopic (exact) mass is 383 g/mol. The highest BCUT2D eigenvalue weighted by molar-refractivity contribution is 9.10. The lowest BCUT2D eigenvalue weighted by atomic mass is 10.2. The Morgan fingerprint density at radius 3 is 2.55 bits per heavy atom. The number of rotatable bonds is 6. The van der Waals surface area contributed by atoms with Gasteiger partial charge in [0.25, 0.3) is 0 Å². The Morgan fingerprint density at radius 2 is 1.91 bits per heavy atom. The van der Waals surface area contributed by atoms with Gasteiger partial charge in [-0.25, -0.2) is 0 Å². The molecule has 0 saturated heterocycles. The second kappa shape index (κ2) is 6.50. The van der Waals surface area contributed by atoms with Crippen LogP contribution in [0, 0.1) is 6.92 Å². The van der Waals surface area contributed by atoms with Crippen LogP contribution in [0.4, 0.5) is 0 Å². The molecule has 1 fully saturated rings. The van der Waals surface area contributed by atoms with E-state index in [1.54, 1.807) is 26.0 Å². The molecule has 0 radical (unpaired) electrons. The summed E-state index contributed by atoms with van der Waals surface area (Å²) >= 11 is 5.30. The van der Waals surface area contributed by atoms with E-state index in [4.69, 9.17) is 9.47 Å². The van der Waals surface area contributed by atoms with Crippen molar-refractivity contribution in [3.8, 4) is 11.5 Å². The van der Waals surface area contributed by atoms with Gasteiger partial charge in [-0.05, 0) is 37.5 Å². The van der Waals surface area contributed by atoms with Crippen LogP contribution in [-0.2, 0) is 5.75 Å². The van der Waals surface area contributed by atoms with Gasteiger partial charge in [0, 0.05) is 16.3 Å². The first-order valence-corrected chi connectivity index (χ1v) is 8.86. The lowest BCUT2D eigenvalue weighted by Gasteiger charge is -2.12. The lowest BCUT2D eigenvalue weighted by molar-refractivity contribution is 0.354. The number of benzene rings is 1. The Bertz CT molecular complexity index is 686. The van der Waals surface area contributed by atoms with Gasteiger partial charge in [-0.2, -0.15) is 0 Å². The Morgan fingerprint density at radius 1 is 1.23 bits per heavy atom. The molecule has 0 amide bonds. The zero-order valence-electron chi connectivity index (χ0n) is 12.8. The van der Waals surface area contributed by atoms with Gasteiger partial charge >= 0.3 is 0 Å². The number of ether oxygens (including phenoxy) is 2. The highest BCUT2D eigenvalue weighted by Crippen LogP contribution is 2.40. The number of aromatic nitrogens is 3. The minimum atomic E-state index is 0.589. The standard InChI is InChI=1S/C15H18BrN3O2S/c1-9-17-18-15(19(9)11-4-5-11)22-8-10-6-13(20-2)14(21-3)7-12(10)16/h6-7,11H,4-5,8H2,1-3H3. The maximum absolute atomic E-state index is 5.37. The molecular formula is C15H18BrN3O2S. The highest BCUT2D eigenvalue weighted by atomic mass is 79.9. The Kier molecular flexibility index (Phi) is 4.63. The van der Waals surface area contributed by atoms with Crippen LogP contribution >= 0.6 is 27.7 Å². The lowest BCUT2D eigenvalue weighted by Crippen LogP contribution is -1.99. The van der Waals surface area contributed by atoms with E-state index in [2.05, 4.69) is 30.7 Å². The predicted molar refractivity (Wildman–Crippen MR) is 89.8 cm³/mol. The highest BCUT2D eigenvalue weighted by Gasteiger charge is 2.28. The first-order chi connectivity index (χ1) is 10.6. The molecule has 0 unspecified atom stereocenters. The fourth-order valence-corrected chi connectivity index (χ4v) is 4.04. The third-order valence-electron chi connectivity index (χ3n) is 3.66. The van der Waals surface area contributed by atoms with Crippen LogP contribution in [0.25, 0.3) is 0 Å². The van der Waals surface area contributed by atoms with Gasteiger partial charge in [0.1, 0.15) is 5.82 Å². The van der Waals surface area contributed by atoms with Crippen LogP contribution in [0.2, 0.25) is 0 Å². The van der Waals surface area contributed by atoms with Crippen molar-refractivity contribution < 1.29 is 9.47 Å². The molecule has 1 aromatic heterocycles. The van der Waals surface area contributed by atoms with Crippen molar-refractivity contribution in [3.63, 3.8) is 0 Å². The van der Waals surface area contributed by atoms with E-state index in [-0.39, 0.29) is 0 Å². The first-order valence-electron chi connectivity index (χ1n) is 7.08. The van der Waals surface area contributed by atoms with Gasteiger partial charge in [-0.15, -0.1) is 10.2 Å². The fourth-order valence-electron chi connectivity index (χ4n) is 2.35. The summed E-state index contributed by atoms with van der Waals surface area (Å²) in [6.07, 6.45) is 2.46. The molecule has 1 aliphatic rings. The largest absolute Gasteiger partial charge is 0.493 e. The van der Waals surface area contributed by atoms with Crippen molar-refractivity contribution in [3.05, 3.63) is 28.0 Å². The van der Waals surface area contributed by atoms with Crippen molar-refractivity contribution in [2.45, 2.75) is 36.7 Å². The maximum Gasteiger partial charge on any atom is 0.191 e. The maximum atomic E-state index is 5.37. The molecule has 5 nitrogen and oxygen atoms in total. The molecule has 7 heteroatoms. The molecule has 2 aromatic rings. The molecule has 1 aromatic carbocycles. The van der Waals surface area contributed by atoms with Gasteiger partial charge in [-0.3, -0.25) is 0 Å². The van der Waals surface area contributed by atoms with Crippen LogP contribution in [0.5, 0.6) is 11.5 Å². The number of aryl methyl sites for hydroxylation is 1. The average Bonchev–Trinajstić information content (AvgIpc) is 3.29. The van der Waals surface area contributed by atoms with Crippen LogP contribution < -0.4 is 9.47 Å². The first kappa shape index (κ1) is 15.7. The van der Waals surface area contributed by atoms with E-state index in [0.717, 1.165) is 38.3 Å². The molecule has 0 aliphatic heterocycles. The second-order valence-corrected chi connectivity index (χ2v) is 7.02. The third-order valence-corrected chi connectivity index (χ3v) is 5.39. The van der Waals surface area contributed by atoms with Crippen molar-refractivity contribution in [2.24, 2.45) is 0 Å². The van der Waals surface area contributed by atoms with Crippen molar-refractivity contribution >= 4 is 27.7 Å². The zero-order valence-corrected chi connectivity index (χ0v) is 15.2. The summed E-state index contributed by atoms with van der Waals surface area (Å²) in [6, 6.07) is 4.53. The minimum Gasteiger partial charge on any atom is -0.493 e. The second-order valence-electron chi connectivity index (χ2n) is 5.22. The smallest absolute Gasteiger partial charge is 0.191 e. The summed E-state index contributed by atoms with van der Waals surface area (Å²) in [6.45, 7) is 2.02. The van der Waals surface area contributed by atoms with Crippen LogP contribution in [0.1, 0.15) is 30.3 Å². The summed E-state index contributed by atoms with van der Waals surface area (Å²) in [5, 5.41) is 9.50. The van der Waals surface area contributed by atoms with Crippen LogP contribution in [-0.4, -0.2) is 29.0 Å². The quantitative estimate of drug-likeness (QED) is 0.705. The molecule has 0 spiro atoms. The number of nitrogens with zero attached hydrogens (tertiary/aromatic N) is 3. The summed E-state index contributed by atoms with van der Waals surface area (Å²) < 4.78 is 13.9. The van der Waals surface area contributed by atoms with Gasteiger partial charge in [0.15, 0.2) is 16.7 Å². The molecule has 1 heterocycles. The molecule has 3 rings (SSSR count). The van der Waals surface area contributed by atoms with Crippen molar-refractivity contribution in [1.29, 1.82) is 0 Å². The van der Waals surface area contributed by atoms with E-state index in [1.165, 1.54) is 12.8 Å². The van der Waals surface area contributed by atoms with Crippen LogP contribution in [0.15, 0.2) is 21.8 Å². The summed E-state index contributed by atoms with van der Waals surface area (Å²) in [5.74, 6) is 3.25. The zero-order chi connectivity index (χ0) is 15.7. The average molecular weight is 384 g/mol.